The lowest BCUT2D eigenvalue weighted by molar-refractivity contribution is 0.113. The molecule has 1 aromatic heterocycles. The fraction of sp³-hybridized carbons (Fsp3) is 0.750. The van der Waals surface area contributed by atoms with Crippen molar-refractivity contribution in [2.24, 2.45) is 0 Å². The molecule has 2 unspecified atom stereocenters. The molecule has 0 aromatic carbocycles. The Balaban J connectivity index is 2.06. The summed E-state index contributed by atoms with van der Waals surface area (Å²) in [7, 11) is 4.39. The first kappa shape index (κ1) is 16.3. The third-order valence-electron chi connectivity index (χ3n) is 4.44. The molecule has 1 aromatic rings. The van der Waals surface area contributed by atoms with Gasteiger partial charge in [-0.05, 0) is 34.5 Å². The molecule has 21 heavy (non-hydrogen) atoms. The Hall–Kier alpha value is -1.04. The molecular formula is C16H29N5. The Morgan fingerprint density at radius 1 is 1.38 bits per heavy atom. The summed E-state index contributed by atoms with van der Waals surface area (Å²) in [5, 5.41) is 3.42. The molecule has 1 saturated heterocycles. The van der Waals surface area contributed by atoms with E-state index < -0.39 is 0 Å². The van der Waals surface area contributed by atoms with E-state index in [-0.39, 0.29) is 0 Å². The minimum absolute atomic E-state index is 0.313. The van der Waals surface area contributed by atoms with Crippen LogP contribution in [0.4, 0.5) is 0 Å². The molecule has 0 aliphatic carbocycles. The van der Waals surface area contributed by atoms with Gasteiger partial charge in [0.15, 0.2) is 0 Å². The molecule has 0 bridgehead atoms. The van der Waals surface area contributed by atoms with Crippen molar-refractivity contribution in [3.63, 3.8) is 0 Å². The molecule has 0 radical (unpaired) electrons. The second kappa shape index (κ2) is 7.29. The standard InChI is InChI=1S/C16H29N5/c1-6-17-12(2)15-10-18-16(19-13(15)3)9-14-11-20(4)7-8-21(14)5/h10,12,14,17H,6-9,11H2,1-5H3. The van der Waals surface area contributed by atoms with E-state index in [2.05, 4.69) is 55.0 Å². The van der Waals surface area contributed by atoms with Crippen molar-refractivity contribution in [2.45, 2.75) is 39.3 Å². The summed E-state index contributed by atoms with van der Waals surface area (Å²) in [5.74, 6) is 0.965. The zero-order valence-electron chi connectivity index (χ0n) is 14.1. The van der Waals surface area contributed by atoms with Crippen LogP contribution in [0.25, 0.3) is 0 Å². The summed E-state index contributed by atoms with van der Waals surface area (Å²) in [5.41, 5.74) is 2.30. The van der Waals surface area contributed by atoms with Crippen molar-refractivity contribution in [1.82, 2.24) is 25.1 Å². The molecule has 5 heteroatoms. The molecule has 1 aliphatic heterocycles. The van der Waals surface area contributed by atoms with Crippen LogP contribution in [0, 0.1) is 6.92 Å². The van der Waals surface area contributed by atoms with Gasteiger partial charge in [0.1, 0.15) is 5.82 Å². The number of piperazine rings is 1. The Labute approximate surface area is 128 Å². The van der Waals surface area contributed by atoms with E-state index >= 15 is 0 Å². The topological polar surface area (TPSA) is 44.3 Å². The highest BCUT2D eigenvalue weighted by Crippen LogP contribution is 2.16. The lowest BCUT2D eigenvalue weighted by atomic mass is 10.1. The Morgan fingerprint density at radius 3 is 2.81 bits per heavy atom. The lowest BCUT2D eigenvalue weighted by Gasteiger charge is -2.37. The number of hydrogen-bond donors (Lipinski definition) is 1. The molecule has 1 N–H and O–H groups in total. The van der Waals surface area contributed by atoms with E-state index in [1.54, 1.807) is 0 Å². The highest BCUT2D eigenvalue weighted by Gasteiger charge is 2.23. The average molecular weight is 291 g/mol. The van der Waals surface area contributed by atoms with Crippen molar-refractivity contribution in [1.29, 1.82) is 0 Å². The van der Waals surface area contributed by atoms with Crippen LogP contribution in [0.1, 0.15) is 37.0 Å². The van der Waals surface area contributed by atoms with Gasteiger partial charge in [-0.1, -0.05) is 6.92 Å². The van der Waals surface area contributed by atoms with Gasteiger partial charge < -0.3 is 15.1 Å². The van der Waals surface area contributed by atoms with Crippen LogP contribution < -0.4 is 5.32 Å². The summed E-state index contributed by atoms with van der Waals surface area (Å²) in [6, 6.07) is 0.827. The van der Waals surface area contributed by atoms with Crippen molar-refractivity contribution < 1.29 is 0 Å². The molecule has 0 amide bonds. The van der Waals surface area contributed by atoms with E-state index in [9.17, 15) is 0 Å². The molecular weight excluding hydrogens is 262 g/mol. The van der Waals surface area contributed by atoms with Crippen molar-refractivity contribution in [2.75, 3.05) is 40.3 Å². The van der Waals surface area contributed by atoms with Crippen LogP contribution in [-0.2, 0) is 6.42 Å². The number of aryl methyl sites for hydroxylation is 1. The van der Waals surface area contributed by atoms with E-state index in [1.165, 1.54) is 5.56 Å². The molecule has 5 nitrogen and oxygen atoms in total. The molecule has 2 atom stereocenters. The fourth-order valence-electron chi connectivity index (χ4n) is 3.00. The van der Waals surface area contributed by atoms with Gasteiger partial charge >= 0.3 is 0 Å². The quantitative estimate of drug-likeness (QED) is 0.884. The first-order valence-electron chi connectivity index (χ1n) is 7.95. The normalized spacial score (nSPS) is 22.4. The molecule has 1 fully saturated rings. The van der Waals surface area contributed by atoms with Crippen molar-refractivity contribution in [3.05, 3.63) is 23.3 Å². The minimum atomic E-state index is 0.313. The number of nitrogens with one attached hydrogen (secondary N) is 1. The van der Waals surface area contributed by atoms with Crippen LogP contribution >= 0.6 is 0 Å². The van der Waals surface area contributed by atoms with Gasteiger partial charge in [0.2, 0.25) is 0 Å². The third-order valence-corrected chi connectivity index (χ3v) is 4.44. The average Bonchev–Trinajstić information content (AvgIpc) is 2.43. The van der Waals surface area contributed by atoms with E-state index in [1.807, 2.05) is 6.20 Å². The van der Waals surface area contributed by atoms with Crippen LogP contribution in [0.3, 0.4) is 0 Å². The second-order valence-corrected chi connectivity index (χ2v) is 6.21. The zero-order chi connectivity index (χ0) is 15.4. The van der Waals surface area contributed by atoms with Gasteiger partial charge in [-0.3, -0.25) is 0 Å². The molecule has 0 saturated carbocycles. The van der Waals surface area contributed by atoms with Crippen molar-refractivity contribution in [3.8, 4) is 0 Å². The van der Waals surface area contributed by atoms with Gasteiger partial charge in [-0.2, -0.15) is 0 Å². The van der Waals surface area contributed by atoms with Crippen LogP contribution in [0.5, 0.6) is 0 Å². The summed E-state index contributed by atoms with van der Waals surface area (Å²) in [6.45, 7) is 10.7. The Morgan fingerprint density at radius 2 is 2.14 bits per heavy atom. The minimum Gasteiger partial charge on any atom is -0.310 e. The SMILES string of the molecule is CCNC(C)c1cnc(CC2CN(C)CCN2C)nc1C. The molecule has 2 heterocycles. The van der Waals surface area contributed by atoms with Crippen molar-refractivity contribution >= 4 is 0 Å². The summed E-state index contributed by atoms with van der Waals surface area (Å²) in [4.78, 5) is 14.1. The maximum Gasteiger partial charge on any atom is 0.130 e. The molecule has 118 valence electrons. The largest absolute Gasteiger partial charge is 0.310 e. The number of aromatic nitrogens is 2. The monoisotopic (exact) mass is 291 g/mol. The third kappa shape index (κ3) is 4.22. The van der Waals surface area contributed by atoms with Gasteiger partial charge in [-0.25, -0.2) is 9.97 Å². The Kier molecular flexibility index (Phi) is 5.67. The predicted molar refractivity (Wildman–Crippen MR) is 86.5 cm³/mol. The molecule has 0 spiro atoms. The summed E-state index contributed by atoms with van der Waals surface area (Å²) >= 11 is 0. The second-order valence-electron chi connectivity index (χ2n) is 6.21. The molecule has 2 rings (SSSR count). The highest BCUT2D eigenvalue weighted by atomic mass is 15.3. The molecule has 1 aliphatic rings. The number of hydrogen-bond acceptors (Lipinski definition) is 5. The first-order chi connectivity index (χ1) is 10.0. The number of rotatable bonds is 5. The van der Waals surface area contributed by atoms with Crippen LogP contribution in [0.2, 0.25) is 0 Å². The van der Waals surface area contributed by atoms with Gasteiger partial charge in [0.05, 0.1) is 0 Å². The van der Waals surface area contributed by atoms with Gasteiger partial charge in [0, 0.05) is 55.6 Å². The van der Waals surface area contributed by atoms with Crippen LogP contribution in [0.15, 0.2) is 6.20 Å². The Bertz CT molecular complexity index is 462. The summed E-state index contributed by atoms with van der Waals surface area (Å²) < 4.78 is 0. The highest BCUT2D eigenvalue weighted by molar-refractivity contribution is 5.20. The van der Waals surface area contributed by atoms with Crippen LogP contribution in [-0.4, -0.2) is 66.1 Å². The zero-order valence-corrected chi connectivity index (χ0v) is 14.1. The fourth-order valence-corrected chi connectivity index (χ4v) is 3.00. The van der Waals surface area contributed by atoms with E-state index in [0.29, 0.717) is 12.1 Å². The maximum absolute atomic E-state index is 4.73. The maximum atomic E-state index is 4.73. The van der Waals surface area contributed by atoms with Gasteiger partial charge in [-0.15, -0.1) is 0 Å². The van der Waals surface area contributed by atoms with E-state index in [0.717, 1.165) is 44.1 Å². The predicted octanol–water partition coefficient (Wildman–Crippen LogP) is 1.24. The smallest absolute Gasteiger partial charge is 0.130 e. The van der Waals surface area contributed by atoms with Gasteiger partial charge in [0.25, 0.3) is 0 Å². The lowest BCUT2D eigenvalue weighted by Crippen LogP contribution is -2.51. The number of nitrogens with zero attached hydrogens (tertiary/aromatic N) is 4. The first-order valence-corrected chi connectivity index (χ1v) is 7.95. The van der Waals surface area contributed by atoms with E-state index in [4.69, 9.17) is 4.98 Å². The number of likely N-dealkylation sites (N-methyl/N-ethyl adjacent to an activating group) is 2. The summed E-state index contributed by atoms with van der Waals surface area (Å²) in [6.07, 6.45) is 2.93.